The first-order valence-corrected chi connectivity index (χ1v) is 9.93. The quantitative estimate of drug-likeness (QED) is 0.488. The predicted octanol–water partition coefficient (Wildman–Crippen LogP) is 2.76. The Labute approximate surface area is 161 Å². The van der Waals surface area contributed by atoms with Gasteiger partial charge < -0.3 is 0 Å². The van der Waals surface area contributed by atoms with Gasteiger partial charge in [-0.25, -0.2) is 27.7 Å². The third-order valence-corrected chi connectivity index (χ3v) is 5.94. The van der Waals surface area contributed by atoms with Gasteiger partial charge in [-0.05, 0) is 19.1 Å². The summed E-state index contributed by atoms with van der Waals surface area (Å²) in [5, 5.41) is -0.108. The van der Waals surface area contributed by atoms with Crippen molar-refractivity contribution in [3.05, 3.63) is 96.5 Å². The van der Waals surface area contributed by atoms with E-state index in [9.17, 15) is 13.2 Å². The largest absolute Gasteiger partial charge is 0.287 e. The minimum Gasteiger partial charge on any atom is -0.287 e. The summed E-state index contributed by atoms with van der Waals surface area (Å²) in [5.41, 5.74) is 1.77. The highest BCUT2D eigenvalue weighted by Crippen LogP contribution is 2.20. The fourth-order valence-corrected chi connectivity index (χ4v) is 3.93. The van der Waals surface area contributed by atoms with Crippen LogP contribution < -0.4 is 0 Å². The average Bonchev–Trinajstić information content (AvgIpc) is 3.38. The molecule has 8 heteroatoms. The van der Waals surface area contributed by atoms with Gasteiger partial charge in [0, 0.05) is 5.56 Å². The molecule has 2 aromatic heterocycles. The van der Waals surface area contributed by atoms with Crippen LogP contribution in [0.5, 0.6) is 0 Å². The highest BCUT2D eigenvalue weighted by Gasteiger charge is 2.22. The van der Waals surface area contributed by atoms with Gasteiger partial charge in [0.25, 0.3) is 0 Å². The predicted molar refractivity (Wildman–Crippen MR) is 102 cm³/mol. The van der Waals surface area contributed by atoms with Gasteiger partial charge in [-0.3, -0.25) is 4.79 Å². The van der Waals surface area contributed by atoms with Crippen LogP contribution in [-0.4, -0.2) is 33.5 Å². The number of rotatable bonds is 5. The van der Waals surface area contributed by atoms with Crippen LogP contribution in [0.25, 0.3) is 0 Å². The molecule has 0 unspecified atom stereocenters. The van der Waals surface area contributed by atoms with Crippen LogP contribution >= 0.6 is 0 Å². The first kappa shape index (κ1) is 17.9. The fourth-order valence-electron chi connectivity index (χ4n) is 2.76. The summed E-state index contributed by atoms with van der Waals surface area (Å²) in [6.07, 6.45) is 5.56. The average molecular weight is 392 g/mol. The molecule has 0 saturated heterocycles. The summed E-state index contributed by atoms with van der Waals surface area (Å²) in [5.74, 6) is -0.227. The van der Waals surface area contributed by atoms with E-state index >= 15 is 0 Å². The van der Waals surface area contributed by atoms with Crippen LogP contribution in [-0.2, 0) is 9.84 Å². The van der Waals surface area contributed by atoms with Crippen molar-refractivity contribution >= 4 is 15.6 Å². The van der Waals surface area contributed by atoms with Crippen molar-refractivity contribution in [3.63, 3.8) is 0 Å². The molecular weight excluding hydrogens is 376 g/mol. The van der Waals surface area contributed by atoms with Crippen LogP contribution in [0.1, 0.15) is 21.6 Å². The molecule has 0 radical (unpaired) electrons. The summed E-state index contributed by atoms with van der Waals surface area (Å²) in [6.45, 7) is 1.88. The molecule has 4 aromatic rings. The van der Waals surface area contributed by atoms with Crippen LogP contribution in [0.3, 0.4) is 0 Å². The molecule has 28 heavy (non-hydrogen) atoms. The Morgan fingerprint density at radius 1 is 0.964 bits per heavy atom. The molecule has 140 valence electrons. The number of nitrogens with zero attached hydrogens (tertiary/aromatic N) is 4. The van der Waals surface area contributed by atoms with E-state index in [1.165, 1.54) is 34.4 Å². The Morgan fingerprint density at radius 2 is 1.68 bits per heavy atom. The van der Waals surface area contributed by atoms with Crippen LogP contribution in [0.15, 0.2) is 89.6 Å². The summed E-state index contributed by atoms with van der Waals surface area (Å²) >= 11 is 0. The van der Waals surface area contributed by atoms with E-state index < -0.39 is 9.84 Å². The number of carbonyl (C=O) groups excluding carboxylic acids is 1. The van der Waals surface area contributed by atoms with Gasteiger partial charge in [-0.1, -0.05) is 48.0 Å². The maximum atomic E-state index is 12.8. The molecule has 0 aliphatic rings. The zero-order chi connectivity index (χ0) is 19.7. The second-order valence-corrected chi connectivity index (χ2v) is 8.12. The first-order valence-electron chi connectivity index (χ1n) is 8.45. The fraction of sp³-hybridized carbons (Fsp3) is 0.0500. The summed E-state index contributed by atoms with van der Waals surface area (Å²) in [4.78, 5) is 21.0. The molecular formula is C20H16N4O3S. The minimum atomic E-state index is -3.76. The minimum absolute atomic E-state index is 0.108. The topological polar surface area (TPSA) is 86.9 Å². The van der Waals surface area contributed by atoms with Crippen molar-refractivity contribution in [1.29, 1.82) is 0 Å². The highest BCUT2D eigenvalue weighted by atomic mass is 32.2. The van der Waals surface area contributed by atoms with Crippen LogP contribution in [0.4, 0.5) is 0 Å². The maximum Gasteiger partial charge on any atom is 0.225 e. The van der Waals surface area contributed by atoms with E-state index in [0.29, 0.717) is 11.3 Å². The van der Waals surface area contributed by atoms with Gasteiger partial charge in [0.2, 0.25) is 15.6 Å². The number of hydrogen-bond donors (Lipinski definition) is 0. The molecule has 0 aliphatic carbocycles. The van der Waals surface area contributed by atoms with Crippen molar-refractivity contribution in [2.45, 2.75) is 16.8 Å². The Hall–Kier alpha value is -3.52. The number of aryl methyl sites for hydroxylation is 1. The van der Waals surface area contributed by atoms with E-state index in [2.05, 4.69) is 9.97 Å². The van der Waals surface area contributed by atoms with Gasteiger partial charge in [-0.2, -0.15) is 0 Å². The van der Waals surface area contributed by atoms with Crippen LogP contribution in [0, 0.1) is 6.92 Å². The monoisotopic (exact) mass is 392 g/mol. The molecule has 2 heterocycles. The summed E-state index contributed by atoms with van der Waals surface area (Å²) in [6, 6.07) is 15.4. The number of aromatic nitrogens is 4. The number of sulfone groups is 1. The molecule has 0 N–H and O–H groups in total. The molecule has 0 saturated carbocycles. The van der Waals surface area contributed by atoms with Gasteiger partial charge in [-0.15, -0.1) is 0 Å². The highest BCUT2D eigenvalue weighted by molar-refractivity contribution is 7.91. The summed E-state index contributed by atoms with van der Waals surface area (Å²) < 4.78 is 28.5. The number of hydrogen-bond acceptors (Lipinski definition) is 5. The maximum absolute atomic E-state index is 12.8. The second kappa shape index (κ2) is 6.90. The molecule has 0 atom stereocenters. The zero-order valence-electron chi connectivity index (χ0n) is 14.9. The van der Waals surface area contributed by atoms with E-state index in [0.717, 1.165) is 5.56 Å². The molecule has 0 spiro atoms. The molecule has 0 aliphatic heterocycles. The molecule has 0 bridgehead atoms. The van der Waals surface area contributed by atoms with Gasteiger partial charge >= 0.3 is 0 Å². The van der Waals surface area contributed by atoms with Gasteiger partial charge in [0.15, 0.2) is 5.03 Å². The van der Waals surface area contributed by atoms with E-state index in [1.54, 1.807) is 48.5 Å². The molecule has 0 fully saturated rings. The first-order chi connectivity index (χ1) is 13.5. The van der Waals surface area contributed by atoms with Crippen molar-refractivity contribution < 1.29 is 13.2 Å². The lowest BCUT2D eigenvalue weighted by Crippen LogP contribution is -2.14. The van der Waals surface area contributed by atoms with Crippen LogP contribution in [0.2, 0.25) is 0 Å². The van der Waals surface area contributed by atoms with Gasteiger partial charge in [0.1, 0.15) is 18.3 Å². The lowest BCUT2D eigenvalue weighted by atomic mass is 10.1. The molecule has 0 amide bonds. The SMILES string of the molecule is Cc1ccc(S(=O)(=O)c2cn(-n3cncc3C(=O)c3ccccc3)cn2)cc1. The number of imidazole rings is 2. The Kier molecular flexibility index (Phi) is 4.40. The van der Waals surface area contributed by atoms with Crippen molar-refractivity contribution in [2.75, 3.05) is 0 Å². The van der Waals surface area contributed by atoms with E-state index in [1.807, 2.05) is 13.0 Å². The lowest BCUT2D eigenvalue weighted by Gasteiger charge is -2.07. The Balaban J connectivity index is 1.71. The third kappa shape index (κ3) is 3.14. The van der Waals surface area contributed by atoms with Gasteiger partial charge in [0.05, 0.1) is 17.3 Å². The Morgan fingerprint density at radius 3 is 2.39 bits per heavy atom. The van der Waals surface area contributed by atoms with E-state index in [-0.39, 0.29) is 15.7 Å². The number of ketones is 1. The standard InChI is InChI=1S/C20H16N4O3S/c1-15-7-9-17(10-8-15)28(26,27)19-12-23(14-22-19)24-13-21-11-18(24)20(25)16-5-3-2-4-6-16/h2-14H,1H3. The smallest absolute Gasteiger partial charge is 0.225 e. The summed E-state index contributed by atoms with van der Waals surface area (Å²) in [7, 11) is -3.76. The molecule has 4 rings (SSSR count). The van der Waals surface area contributed by atoms with Crippen molar-refractivity contribution in [3.8, 4) is 0 Å². The Bertz CT molecular complexity index is 1240. The lowest BCUT2D eigenvalue weighted by molar-refractivity contribution is 0.102. The number of carbonyl (C=O) groups is 1. The normalized spacial score (nSPS) is 11.5. The van der Waals surface area contributed by atoms with Crippen molar-refractivity contribution in [2.24, 2.45) is 0 Å². The van der Waals surface area contributed by atoms with Crippen molar-refractivity contribution in [1.82, 2.24) is 19.3 Å². The second-order valence-electron chi connectivity index (χ2n) is 6.23. The third-order valence-electron chi connectivity index (χ3n) is 4.29. The molecule has 2 aromatic carbocycles. The number of benzene rings is 2. The van der Waals surface area contributed by atoms with E-state index in [4.69, 9.17) is 0 Å². The zero-order valence-corrected chi connectivity index (χ0v) is 15.7. The molecule has 7 nitrogen and oxygen atoms in total.